The van der Waals surface area contributed by atoms with Crippen molar-refractivity contribution in [2.45, 2.75) is 13.0 Å². The minimum atomic E-state index is -0.235. The predicted octanol–water partition coefficient (Wildman–Crippen LogP) is 3.55. The highest BCUT2D eigenvalue weighted by Crippen LogP contribution is 2.17. The zero-order valence-electron chi connectivity index (χ0n) is 9.19. The summed E-state index contributed by atoms with van der Waals surface area (Å²) in [7, 11) is 0. The molecule has 0 bridgehead atoms. The van der Waals surface area contributed by atoms with Gasteiger partial charge in [-0.25, -0.2) is 14.4 Å². The van der Waals surface area contributed by atoms with E-state index < -0.39 is 0 Å². The molecule has 1 aromatic heterocycles. The Morgan fingerprint density at radius 3 is 2.35 bits per heavy atom. The van der Waals surface area contributed by atoms with Gasteiger partial charge in [0.05, 0.1) is 10.5 Å². The molecule has 0 fully saturated rings. The zero-order chi connectivity index (χ0) is 12.3. The van der Waals surface area contributed by atoms with Crippen molar-refractivity contribution in [3.05, 3.63) is 52.5 Å². The van der Waals surface area contributed by atoms with Gasteiger partial charge in [0.15, 0.2) is 0 Å². The third kappa shape index (κ3) is 3.23. The van der Waals surface area contributed by atoms with Crippen LogP contribution in [0.2, 0.25) is 0 Å². The lowest BCUT2D eigenvalue weighted by atomic mass is 10.1. The summed E-state index contributed by atoms with van der Waals surface area (Å²) in [4.78, 5) is 8.24. The van der Waals surface area contributed by atoms with E-state index in [1.54, 1.807) is 24.5 Å². The van der Waals surface area contributed by atoms with Crippen molar-refractivity contribution in [2.24, 2.45) is 0 Å². The van der Waals surface area contributed by atoms with Crippen LogP contribution < -0.4 is 5.32 Å². The highest BCUT2D eigenvalue weighted by molar-refractivity contribution is 9.10. The van der Waals surface area contributed by atoms with E-state index in [2.05, 4.69) is 31.2 Å². The molecule has 1 atom stereocenters. The van der Waals surface area contributed by atoms with Crippen LogP contribution >= 0.6 is 15.9 Å². The first-order chi connectivity index (χ1) is 8.15. The third-order valence-electron chi connectivity index (χ3n) is 2.34. The molecular formula is C12H11BrFN3. The average Bonchev–Trinajstić information content (AvgIpc) is 2.33. The van der Waals surface area contributed by atoms with Gasteiger partial charge in [-0.3, -0.25) is 0 Å². The molecule has 0 saturated carbocycles. The van der Waals surface area contributed by atoms with Crippen molar-refractivity contribution in [3.63, 3.8) is 0 Å². The average molecular weight is 296 g/mol. The van der Waals surface area contributed by atoms with E-state index in [4.69, 9.17) is 0 Å². The smallest absolute Gasteiger partial charge is 0.223 e. The number of nitrogens with one attached hydrogen (secondary N) is 1. The summed E-state index contributed by atoms with van der Waals surface area (Å²) in [5.41, 5.74) is 0.984. The molecule has 0 saturated heterocycles. The number of anilines is 1. The molecule has 1 heterocycles. The molecule has 0 aliphatic carbocycles. The summed E-state index contributed by atoms with van der Waals surface area (Å²) >= 11 is 3.27. The van der Waals surface area contributed by atoms with Crippen LogP contribution in [0.25, 0.3) is 0 Å². The van der Waals surface area contributed by atoms with E-state index in [0.717, 1.165) is 10.0 Å². The van der Waals surface area contributed by atoms with Gasteiger partial charge in [0.25, 0.3) is 0 Å². The topological polar surface area (TPSA) is 37.8 Å². The van der Waals surface area contributed by atoms with E-state index >= 15 is 0 Å². The van der Waals surface area contributed by atoms with Crippen LogP contribution in [0.4, 0.5) is 10.3 Å². The standard InChI is InChI=1S/C12H11BrFN3/c1-8(9-2-4-11(14)5-3-9)17-12-15-6-10(13)7-16-12/h2-8H,1H3,(H,15,16,17). The molecule has 0 spiro atoms. The van der Waals surface area contributed by atoms with Crippen LogP contribution in [-0.2, 0) is 0 Å². The fourth-order valence-corrected chi connectivity index (χ4v) is 1.62. The van der Waals surface area contributed by atoms with Crippen molar-refractivity contribution >= 4 is 21.9 Å². The maximum absolute atomic E-state index is 12.8. The van der Waals surface area contributed by atoms with E-state index in [0.29, 0.717) is 5.95 Å². The first-order valence-electron chi connectivity index (χ1n) is 5.14. The molecule has 0 amide bonds. The van der Waals surface area contributed by atoms with Crippen molar-refractivity contribution in [1.82, 2.24) is 9.97 Å². The molecule has 17 heavy (non-hydrogen) atoms. The summed E-state index contributed by atoms with van der Waals surface area (Å²) in [6.45, 7) is 1.97. The first kappa shape index (κ1) is 12.0. The van der Waals surface area contributed by atoms with Crippen LogP contribution in [0.3, 0.4) is 0 Å². The molecular weight excluding hydrogens is 285 g/mol. The Morgan fingerprint density at radius 1 is 1.18 bits per heavy atom. The fraction of sp³-hybridized carbons (Fsp3) is 0.167. The van der Waals surface area contributed by atoms with Gasteiger partial charge in [-0.15, -0.1) is 0 Å². The predicted molar refractivity (Wildman–Crippen MR) is 68.2 cm³/mol. The molecule has 2 rings (SSSR count). The van der Waals surface area contributed by atoms with Crippen LogP contribution in [0.15, 0.2) is 41.1 Å². The van der Waals surface area contributed by atoms with Crippen LogP contribution in [0, 0.1) is 5.82 Å². The summed E-state index contributed by atoms with van der Waals surface area (Å²) < 4.78 is 13.6. The Bertz CT molecular complexity index is 484. The monoisotopic (exact) mass is 295 g/mol. The van der Waals surface area contributed by atoms with Crippen molar-refractivity contribution < 1.29 is 4.39 Å². The number of benzene rings is 1. The van der Waals surface area contributed by atoms with Crippen molar-refractivity contribution in [1.29, 1.82) is 0 Å². The van der Waals surface area contributed by atoms with Gasteiger partial charge in [0.2, 0.25) is 5.95 Å². The summed E-state index contributed by atoms with van der Waals surface area (Å²) in [5, 5.41) is 3.14. The number of aromatic nitrogens is 2. The molecule has 1 unspecified atom stereocenters. The Balaban J connectivity index is 2.08. The molecule has 88 valence electrons. The van der Waals surface area contributed by atoms with Crippen LogP contribution in [0.1, 0.15) is 18.5 Å². The first-order valence-corrected chi connectivity index (χ1v) is 5.94. The van der Waals surface area contributed by atoms with Gasteiger partial charge in [-0.2, -0.15) is 0 Å². The Hall–Kier alpha value is -1.49. The summed E-state index contributed by atoms with van der Waals surface area (Å²) in [5.74, 6) is 0.311. The molecule has 1 aromatic carbocycles. The fourth-order valence-electron chi connectivity index (χ4n) is 1.42. The van der Waals surface area contributed by atoms with E-state index in [-0.39, 0.29) is 11.9 Å². The second-order valence-electron chi connectivity index (χ2n) is 3.64. The molecule has 5 heteroatoms. The number of halogens is 2. The molecule has 0 aliphatic rings. The van der Waals surface area contributed by atoms with E-state index in [9.17, 15) is 4.39 Å². The Labute approximate surface area is 107 Å². The second-order valence-corrected chi connectivity index (χ2v) is 4.56. The third-order valence-corrected chi connectivity index (χ3v) is 2.75. The lowest BCUT2D eigenvalue weighted by Gasteiger charge is -2.13. The minimum Gasteiger partial charge on any atom is -0.348 e. The number of rotatable bonds is 3. The van der Waals surface area contributed by atoms with Gasteiger partial charge in [0, 0.05) is 12.4 Å². The van der Waals surface area contributed by atoms with Gasteiger partial charge in [0.1, 0.15) is 5.82 Å². The molecule has 2 aromatic rings. The second kappa shape index (κ2) is 5.23. The molecule has 0 radical (unpaired) electrons. The Kier molecular flexibility index (Phi) is 3.68. The lowest BCUT2D eigenvalue weighted by Crippen LogP contribution is -2.09. The van der Waals surface area contributed by atoms with Gasteiger partial charge in [-0.05, 0) is 40.5 Å². The van der Waals surface area contributed by atoms with Crippen LogP contribution in [-0.4, -0.2) is 9.97 Å². The van der Waals surface area contributed by atoms with E-state index in [1.165, 1.54) is 12.1 Å². The van der Waals surface area contributed by atoms with Crippen LogP contribution in [0.5, 0.6) is 0 Å². The minimum absolute atomic E-state index is 0.0248. The number of hydrogen-bond acceptors (Lipinski definition) is 3. The summed E-state index contributed by atoms with van der Waals surface area (Å²) in [6.07, 6.45) is 3.35. The largest absolute Gasteiger partial charge is 0.348 e. The molecule has 0 aliphatic heterocycles. The maximum Gasteiger partial charge on any atom is 0.223 e. The number of hydrogen-bond donors (Lipinski definition) is 1. The highest BCUT2D eigenvalue weighted by atomic mass is 79.9. The Morgan fingerprint density at radius 2 is 1.76 bits per heavy atom. The molecule has 1 N–H and O–H groups in total. The normalized spacial score (nSPS) is 12.2. The van der Waals surface area contributed by atoms with Crippen molar-refractivity contribution in [2.75, 3.05) is 5.32 Å². The van der Waals surface area contributed by atoms with Gasteiger partial charge in [-0.1, -0.05) is 12.1 Å². The summed E-state index contributed by atoms with van der Waals surface area (Å²) in [6, 6.07) is 6.39. The lowest BCUT2D eigenvalue weighted by molar-refractivity contribution is 0.626. The number of nitrogens with zero attached hydrogens (tertiary/aromatic N) is 2. The SMILES string of the molecule is CC(Nc1ncc(Br)cn1)c1ccc(F)cc1. The molecule has 3 nitrogen and oxygen atoms in total. The zero-order valence-corrected chi connectivity index (χ0v) is 10.8. The van der Waals surface area contributed by atoms with Gasteiger partial charge >= 0.3 is 0 Å². The quantitative estimate of drug-likeness (QED) is 0.941. The van der Waals surface area contributed by atoms with Crippen molar-refractivity contribution in [3.8, 4) is 0 Å². The van der Waals surface area contributed by atoms with Gasteiger partial charge < -0.3 is 5.32 Å². The maximum atomic E-state index is 12.8. The highest BCUT2D eigenvalue weighted by Gasteiger charge is 2.06. The van der Waals surface area contributed by atoms with E-state index in [1.807, 2.05) is 6.92 Å².